The van der Waals surface area contributed by atoms with Crippen LogP contribution in [0.15, 0.2) is 71.8 Å². The average molecular weight is 489 g/mol. The molecule has 0 saturated carbocycles. The lowest BCUT2D eigenvalue weighted by molar-refractivity contribution is -0.136. The second-order valence-electron chi connectivity index (χ2n) is 7.77. The zero-order valence-electron chi connectivity index (χ0n) is 20.3. The van der Waals surface area contributed by atoms with Crippen LogP contribution in [0.4, 0.5) is 11.4 Å². The van der Waals surface area contributed by atoms with Crippen LogP contribution in [-0.4, -0.2) is 37.1 Å². The largest absolute Gasteiger partial charge is 0.494 e. The van der Waals surface area contributed by atoms with Crippen LogP contribution in [0.3, 0.4) is 0 Å². The van der Waals surface area contributed by atoms with E-state index < -0.39 is 11.8 Å². The van der Waals surface area contributed by atoms with Gasteiger partial charge >= 0.3 is 11.8 Å². The Kier molecular flexibility index (Phi) is 9.16. The third kappa shape index (κ3) is 7.69. The van der Waals surface area contributed by atoms with Crippen molar-refractivity contribution in [2.45, 2.75) is 20.8 Å². The smallest absolute Gasteiger partial charge is 0.329 e. The number of benzene rings is 3. The third-order valence-electron chi connectivity index (χ3n) is 5.12. The van der Waals surface area contributed by atoms with Crippen molar-refractivity contribution in [3.05, 3.63) is 83.4 Å². The minimum Gasteiger partial charge on any atom is -0.494 e. The molecule has 0 bridgehead atoms. The molecule has 9 heteroatoms. The van der Waals surface area contributed by atoms with Crippen LogP contribution in [0.5, 0.6) is 11.5 Å². The van der Waals surface area contributed by atoms with Crippen molar-refractivity contribution in [1.82, 2.24) is 5.43 Å². The SMILES string of the molecule is CCOc1ccc(NC(=O)COc2cccc(/C=N\NC(=O)C(=O)Nc3cccc(C)c3C)c2)cc1. The van der Waals surface area contributed by atoms with Crippen molar-refractivity contribution in [3.8, 4) is 11.5 Å². The van der Waals surface area contributed by atoms with Gasteiger partial charge in [0.25, 0.3) is 5.91 Å². The highest BCUT2D eigenvalue weighted by Gasteiger charge is 2.14. The van der Waals surface area contributed by atoms with Crippen LogP contribution in [0.2, 0.25) is 0 Å². The second-order valence-corrected chi connectivity index (χ2v) is 7.77. The Hall–Kier alpha value is -4.66. The molecule has 0 aliphatic carbocycles. The van der Waals surface area contributed by atoms with Crippen LogP contribution < -0.4 is 25.5 Å². The average Bonchev–Trinajstić information content (AvgIpc) is 2.87. The second kappa shape index (κ2) is 12.7. The molecular formula is C27H28N4O5. The fourth-order valence-electron chi connectivity index (χ4n) is 3.11. The number of nitrogens with one attached hydrogen (secondary N) is 3. The van der Waals surface area contributed by atoms with Gasteiger partial charge < -0.3 is 20.1 Å². The van der Waals surface area contributed by atoms with Crippen LogP contribution in [-0.2, 0) is 14.4 Å². The highest BCUT2D eigenvalue weighted by Crippen LogP contribution is 2.18. The summed E-state index contributed by atoms with van der Waals surface area (Å²) in [6, 6.07) is 19.3. The Labute approximate surface area is 209 Å². The molecule has 0 atom stereocenters. The maximum atomic E-state index is 12.2. The molecule has 0 unspecified atom stereocenters. The number of carbonyl (C=O) groups is 3. The molecule has 0 radical (unpaired) electrons. The van der Waals surface area contributed by atoms with E-state index in [1.54, 1.807) is 60.7 Å². The molecule has 36 heavy (non-hydrogen) atoms. The van der Waals surface area contributed by atoms with Crippen molar-refractivity contribution in [2.24, 2.45) is 5.10 Å². The molecule has 0 saturated heterocycles. The predicted molar refractivity (Wildman–Crippen MR) is 138 cm³/mol. The van der Waals surface area contributed by atoms with E-state index in [1.807, 2.05) is 26.8 Å². The van der Waals surface area contributed by atoms with Gasteiger partial charge in [0, 0.05) is 11.4 Å². The number of rotatable bonds is 9. The fraction of sp³-hybridized carbons (Fsp3) is 0.185. The predicted octanol–water partition coefficient (Wildman–Crippen LogP) is 3.81. The number of anilines is 2. The van der Waals surface area contributed by atoms with E-state index in [-0.39, 0.29) is 12.5 Å². The summed E-state index contributed by atoms with van der Waals surface area (Å²) in [5, 5.41) is 9.14. The summed E-state index contributed by atoms with van der Waals surface area (Å²) >= 11 is 0. The first-order chi connectivity index (χ1) is 17.4. The van der Waals surface area contributed by atoms with Gasteiger partial charge in [-0.05, 0) is 79.9 Å². The number of hydrogen-bond acceptors (Lipinski definition) is 6. The van der Waals surface area contributed by atoms with Crippen LogP contribution in [0, 0.1) is 13.8 Å². The number of hydrogen-bond donors (Lipinski definition) is 3. The molecule has 3 N–H and O–H groups in total. The molecule has 3 aromatic rings. The summed E-state index contributed by atoms with van der Waals surface area (Å²) in [5.41, 5.74) is 5.88. The maximum Gasteiger partial charge on any atom is 0.329 e. The Morgan fingerprint density at radius 3 is 2.36 bits per heavy atom. The number of hydrazone groups is 1. The van der Waals surface area contributed by atoms with E-state index in [2.05, 4.69) is 21.2 Å². The molecule has 0 aromatic heterocycles. The first-order valence-electron chi connectivity index (χ1n) is 11.3. The van der Waals surface area contributed by atoms with E-state index in [0.29, 0.717) is 29.3 Å². The summed E-state index contributed by atoms with van der Waals surface area (Å²) in [5.74, 6) is -0.870. The normalized spacial score (nSPS) is 10.5. The monoisotopic (exact) mass is 488 g/mol. The molecule has 0 aliphatic rings. The van der Waals surface area contributed by atoms with Gasteiger partial charge in [0.15, 0.2) is 6.61 Å². The topological polar surface area (TPSA) is 118 Å². The summed E-state index contributed by atoms with van der Waals surface area (Å²) < 4.78 is 10.9. The first-order valence-corrected chi connectivity index (χ1v) is 11.3. The van der Waals surface area contributed by atoms with E-state index in [1.165, 1.54) is 6.21 Å². The van der Waals surface area contributed by atoms with Gasteiger partial charge in [-0.1, -0.05) is 24.3 Å². The van der Waals surface area contributed by atoms with E-state index in [9.17, 15) is 14.4 Å². The van der Waals surface area contributed by atoms with E-state index in [0.717, 1.165) is 16.9 Å². The number of amides is 3. The van der Waals surface area contributed by atoms with Crippen LogP contribution in [0.1, 0.15) is 23.6 Å². The van der Waals surface area contributed by atoms with Gasteiger partial charge in [-0.25, -0.2) is 5.43 Å². The minimum absolute atomic E-state index is 0.191. The summed E-state index contributed by atoms with van der Waals surface area (Å²) in [7, 11) is 0. The standard InChI is InChI=1S/C27H28N4O5/c1-4-35-22-13-11-21(12-14-22)29-25(32)17-36-23-9-6-8-20(15-23)16-28-31-27(34)26(33)30-24-10-5-7-18(2)19(24)3/h5-16H,4,17H2,1-3H3,(H,29,32)(H,30,33)(H,31,34)/b28-16-. The molecule has 0 heterocycles. The van der Waals surface area contributed by atoms with Crippen molar-refractivity contribution < 1.29 is 23.9 Å². The molecular weight excluding hydrogens is 460 g/mol. The highest BCUT2D eigenvalue weighted by atomic mass is 16.5. The lowest BCUT2D eigenvalue weighted by atomic mass is 10.1. The number of nitrogens with zero attached hydrogens (tertiary/aromatic N) is 1. The lowest BCUT2D eigenvalue weighted by Gasteiger charge is -2.09. The number of carbonyl (C=O) groups excluding carboxylic acids is 3. The van der Waals surface area contributed by atoms with Gasteiger partial charge in [-0.2, -0.15) is 5.10 Å². The van der Waals surface area contributed by atoms with E-state index in [4.69, 9.17) is 9.47 Å². The number of ether oxygens (including phenoxy) is 2. The van der Waals surface area contributed by atoms with Crippen LogP contribution in [0.25, 0.3) is 0 Å². The van der Waals surface area contributed by atoms with Gasteiger partial charge in [0.2, 0.25) is 0 Å². The summed E-state index contributed by atoms with van der Waals surface area (Å²) in [4.78, 5) is 36.4. The van der Waals surface area contributed by atoms with Gasteiger partial charge in [0.1, 0.15) is 11.5 Å². The van der Waals surface area contributed by atoms with Gasteiger partial charge in [-0.15, -0.1) is 0 Å². The maximum absolute atomic E-state index is 12.2. The zero-order chi connectivity index (χ0) is 25.9. The Morgan fingerprint density at radius 2 is 1.61 bits per heavy atom. The highest BCUT2D eigenvalue weighted by molar-refractivity contribution is 6.39. The molecule has 0 spiro atoms. The molecule has 3 amide bonds. The van der Waals surface area contributed by atoms with Crippen LogP contribution >= 0.6 is 0 Å². The molecule has 3 rings (SSSR count). The third-order valence-corrected chi connectivity index (χ3v) is 5.12. The van der Waals surface area contributed by atoms with Crippen molar-refractivity contribution in [1.29, 1.82) is 0 Å². The molecule has 9 nitrogen and oxygen atoms in total. The number of aryl methyl sites for hydroxylation is 1. The van der Waals surface area contributed by atoms with Gasteiger partial charge in [-0.3, -0.25) is 14.4 Å². The fourth-order valence-corrected chi connectivity index (χ4v) is 3.11. The Bertz CT molecular complexity index is 1260. The molecule has 186 valence electrons. The summed E-state index contributed by atoms with van der Waals surface area (Å²) in [6.45, 7) is 6.06. The van der Waals surface area contributed by atoms with Gasteiger partial charge in [0.05, 0.1) is 12.8 Å². The Balaban J connectivity index is 1.47. The molecule has 0 aliphatic heterocycles. The first kappa shape index (κ1) is 26.0. The van der Waals surface area contributed by atoms with Crippen molar-refractivity contribution in [3.63, 3.8) is 0 Å². The molecule has 0 fully saturated rings. The minimum atomic E-state index is -0.898. The van der Waals surface area contributed by atoms with E-state index >= 15 is 0 Å². The quantitative estimate of drug-likeness (QED) is 0.241. The van der Waals surface area contributed by atoms with Crippen molar-refractivity contribution >= 4 is 35.3 Å². The lowest BCUT2D eigenvalue weighted by Crippen LogP contribution is -2.32. The zero-order valence-corrected chi connectivity index (χ0v) is 20.3. The van der Waals surface area contributed by atoms with Crippen molar-refractivity contribution in [2.75, 3.05) is 23.8 Å². The Morgan fingerprint density at radius 1 is 0.861 bits per heavy atom. The molecule has 3 aromatic carbocycles. The summed E-state index contributed by atoms with van der Waals surface area (Å²) in [6.07, 6.45) is 1.37.